The van der Waals surface area contributed by atoms with E-state index in [1.165, 1.54) is 24.3 Å². The fourth-order valence-electron chi connectivity index (χ4n) is 1.65. The fraction of sp³-hybridized carbons (Fsp3) is 0.462. The van der Waals surface area contributed by atoms with Crippen molar-refractivity contribution in [3.05, 3.63) is 44.5 Å². The lowest BCUT2D eigenvalue weighted by atomic mass is 10.3. The van der Waals surface area contributed by atoms with Gasteiger partial charge in [-0.2, -0.15) is 5.43 Å². The minimum Gasteiger partial charge on any atom is -0.358 e. The van der Waals surface area contributed by atoms with Gasteiger partial charge in [-0.15, -0.1) is 0 Å². The molecule has 0 heterocycles. The quantitative estimate of drug-likeness (QED) is 0.239. The van der Waals surface area contributed by atoms with Crippen molar-refractivity contribution in [2.24, 2.45) is 5.10 Å². The van der Waals surface area contributed by atoms with Crippen molar-refractivity contribution in [1.82, 2.24) is 0 Å². The Morgan fingerprint density at radius 1 is 1.08 bits per heavy atom. The number of rotatable bonds is 8. The molecule has 1 N–H and O–H groups in total. The van der Waals surface area contributed by atoms with E-state index in [-0.39, 0.29) is 11.4 Å². The molecule has 12 heteroatoms. The van der Waals surface area contributed by atoms with Crippen LogP contribution < -0.4 is 5.43 Å². The van der Waals surface area contributed by atoms with E-state index < -0.39 is 35.2 Å². The van der Waals surface area contributed by atoms with Crippen molar-refractivity contribution in [1.29, 1.82) is 0 Å². The molecular weight excluding hydrogens is 355 g/mol. The Kier molecular flexibility index (Phi) is 7.16. The Morgan fingerprint density at radius 3 is 1.92 bits per heavy atom. The maximum Gasteiger partial charge on any atom is 0.475 e. The van der Waals surface area contributed by atoms with Crippen molar-refractivity contribution in [2.45, 2.75) is 39.9 Å². The van der Waals surface area contributed by atoms with E-state index in [0.717, 1.165) is 0 Å². The Bertz CT molecular complexity index is 689. The lowest BCUT2D eigenvalue weighted by Crippen LogP contribution is -2.21. The minimum atomic E-state index is -4.28. The van der Waals surface area contributed by atoms with Crippen molar-refractivity contribution in [3.63, 3.8) is 0 Å². The number of amidine groups is 1. The molecule has 1 aromatic carbocycles. The number of nitro groups is 2. The first kappa shape index (κ1) is 20.7. The second-order valence-corrected chi connectivity index (χ2v) is 7.21. The zero-order valence-electron chi connectivity index (χ0n) is 14.1. The molecule has 0 spiro atoms. The van der Waals surface area contributed by atoms with Gasteiger partial charge < -0.3 is 10.1 Å². The van der Waals surface area contributed by atoms with Crippen LogP contribution in [0.2, 0.25) is 0 Å². The number of nitrogens with one attached hydrogen (secondary N) is 1. The van der Waals surface area contributed by atoms with Gasteiger partial charge in [-0.25, -0.2) is 4.57 Å². The van der Waals surface area contributed by atoms with Gasteiger partial charge in [-0.1, -0.05) is 0 Å². The Morgan fingerprint density at radius 2 is 1.56 bits per heavy atom. The minimum absolute atomic E-state index is 0.152. The van der Waals surface area contributed by atoms with Crippen molar-refractivity contribution in [3.8, 4) is 0 Å². The zero-order chi connectivity index (χ0) is 19.2. The number of hydrogen-bond donors (Lipinski definition) is 1. The summed E-state index contributed by atoms with van der Waals surface area (Å²) in [5, 5.41) is 25.4. The summed E-state index contributed by atoms with van der Waals surface area (Å²) in [4.78, 5) is 20.3. The van der Waals surface area contributed by atoms with Gasteiger partial charge in [0, 0.05) is 12.1 Å². The van der Waals surface area contributed by atoms with E-state index in [1.807, 2.05) is 0 Å². The van der Waals surface area contributed by atoms with Crippen LogP contribution in [0.3, 0.4) is 0 Å². The van der Waals surface area contributed by atoms with Gasteiger partial charge in [0.05, 0.1) is 27.9 Å². The molecule has 0 aromatic heterocycles. The second-order valence-electron chi connectivity index (χ2n) is 5.39. The molecular formula is C13H19N4O7P. The molecule has 0 radical (unpaired) electrons. The van der Waals surface area contributed by atoms with E-state index in [9.17, 15) is 24.8 Å². The van der Waals surface area contributed by atoms with Crippen LogP contribution in [0.15, 0.2) is 29.4 Å². The molecule has 25 heavy (non-hydrogen) atoms. The summed E-state index contributed by atoms with van der Waals surface area (Å²) >= 11 is 0. The molecule has 1 rings (SSSR count). The number of non-ortho nitro benzene ring substituents is 1. The molecule has 0 saturated carbocycles. The number of anilines is 1. The van der Waals surface area contributed by atoms with Crippen LogP contribution in [0.25, 0.3) is 0 Å². The average Bonchev–Trinajstić information content (AvgIpc) is 2.45. The molecule has 0 saturated heterocycles. The maximum absolute atomic E-state index is 12.8. The third-order valence-electron chi connectivity index (χ3n) is 2.47. The van der Waals surface area contributed by atoms with Crippen molar-refractivity contribution < 1.29 is 23.5 Å². The molecule has 0 fully saturated rings. The number of hydrazone groups is 1. The first-order valence-corrected chi connectivity index (χ1v) is 8.79. The van der Waals surface area contributed by atoms with Crippen LogP contribution in [0.4, 0.5) is 11.4 Å². The third kappa shape index (κ3) is 6.22. The van der Waals surface area contributed by atoms with E-state index in [2.05, 4.69) is 10.5 Å². The summed E-state index contributed by atoms with van der Waals surface area (Å²) < 4.78 is 23.1. The van der Waals surface area contributed by atoms with Crippen LogP contribution in [0.5, 0.6) is 0 Å². The zero-order valence-corrected chi connectivity index (χ0v) is 15.0. The van der Waals surface area contributed by atoms with Crippen molar-refractivity contribution >= 4 is 24.5 Å². The molecule has 1 aromatic rings. The topological polar surface area (TPSA) is 146 Å². The first-order chi connectivity index (χ1) is 11.5. The normalized spacial score (nSPS) is 12.5. The highest BCUT2D eigenvalue weighted by molar-refractivity contribution is 7.71. The molecule has 138 valence electrons. The predicted molar refractivity (Wildman–Crippen MR) is 91.2 cm³/mol. The lowest BCUT2D eigenvalue weighted by molar-refractivity contribution is -0.384. The molecule has 0 aliphatic heterocycles. The van der Waals surface area contributed by atoms with Gasteiger partial charge in [-0.05, 0) is 44.8 Å². The fourth-order valence-corrected chi connectivity index (χ4v) is 3.37. The number of benzene rings is 1. The van der Waals surface area contributed by atoms with Crippen LogP contribution in [-0.2, 0) is 13.6 Å². The molecule has 0 unspecified atom stereocenters. The van der Waals surface area contributed by atoms with E-state index in [0.29, 0.717) is 0 Å². The van der Waals surface area contributed by atoms with Crippen molar-refractivity contribution in [2.75, 3.05) is 5.43 Å². The van der Waals surface area contributed by atoms with E-state index >= 15 is 0 Å². The monoisotopic (exact) mass is 374 g/mol. The smallest absolute Gasteiger partial charge is 0.358 e. The third-order valence-corrected chi connectivity index (χ3v) is 4.62. The molecule has 0 bridgehead atoms. The van der Waals surface area contributed by atoms with E-state index in [1.54, 1.807) is 27.7 Å². The average molecular weight is 374 g/mol. The highest BCUT2D eigenvalue weighted by Crippen LogP contribution is 2.52. The highest BCUT2D eigenvalue weighted by Gasteiger charge is 2.45. The SMILES string of the molecule is CC(C)OP(=O)(OC(C)C)/C(=N\Nc1ccc([N+](=O)[O-])cc1)[N+](=O)[O-]. The Hall–Kier alpha value is -2.36. The van der Waals surface area contributed by atoms with Crippen LogP contribution >= 0.6 is 7.60 Å². The summed E-state index contributed by atoms with van der Waals surface area (Å²) in [5.74, 6) is 0. The summed E-state index contributed by atoms with van der Waals surface area (Å²) in [5.41, 5.74) is 1.41. The molecule has 0 aliphatic carbocycles. The summed E-state index contributed by atoms with van der Waals surface area (Å²) in [7, 11) is -4.28. The predicted octanol–water partition coefficient (Wildman–Crippen LogP) is 3.60. The van der Waals surface area contributed by atoms with Gasteiger partial charge in [0.1, 0.15) is 0 Å². The largest absolute Gasteiger partial charge is 0.475 e. The highest BCUT2D eigenvalue weighted by atomic mass is 31.2. The van der Waals surface area contributed by atoms with Gasteiger partial charge in [0.15, 0.2) is 0 Å². The summed E-state index contributed by atoms with van der Waals surface area (Å²) in [6, 6.07) is 4.99. The molecule has 11 nitrogen and oxygen atoms in total. The van der Waals surface area contributed by atoms with Gasteiger partial charge >= 0.3 is 13.2 Å². The van der Waals surface area contributed by atoms with Gasteiger partial charge in [0.25, 0.3) is 5.69 Å². The standard InChI is InChI=1S/C13H19N4O7P/c1-9(2)23-25(22,24-10(3)4)13(17(20)21)15-14-11-5-7-12(8-6-11)16(18)19/h5-10,14H,1-4H3/b15-13-. The summed E-state index contributed by atoms with van der Waals surface area (Å²) in [6.45, 7) is 6.21. The van der Waals surface area contributed by atoms with Crippen LogP contribution in [-0.4, -0.2) is 27.6 Å². The maximum atomic E-state index is 12.8. The number of nitro benzene ring substituents is 1. The molecule has 0 aliphatic rings. The van der Waals surface area contributed by atoms with E-state index in [4.69, 9.17) is 9.05 Å². The second kappa shape index (κ2) is 8.65. The lowest BCUT2D eigenvalue weighted by Gasteiger charge is -2.19. The number of hydrogen-bond acceptors (Lipinski definition) is 9. The Balaban J connectivity index is 3.14. The first-order valence-electron chi connectivity index (χ1n) is 7.25. The van der Waals surface area contributed by atoms with Gasteiger partial charge in [-0.3, -0.25) is 19.2 Å². The number of nitrogens with zero attached hydrogens (tertiary/aromatic N) is 3. The van der Waals surface area contributed by atoms with Crippen LogP contribution in [0, 0.1) is 20.2 Å². The van der Waals surface area contributed by atoms with Crippen LogP contribution in [0.1, 0.15) is 27.7 Å². The van der Waals surface area contributed by atoms with Gasteiger partial charge in [0.2, 0.25) is 0 Å². The summed E-state index contributed by atoms with van der Waals surface area (Å²) in [6.07, 6.45) is -1.21. The Labute approximate surface area is 143 Å². The molecule has 0 atom stereocenters. The molecule has 0 amide bonds.